The molecule has 12 heteroatoms. The molecule has 0 atom stereocenters. The van der Waals surface area contributed by atoms with Crippen molar-refractivity contribution in [1.82, 2.24) is 24.0 Å². The topological polar surface area (TPSA) is 117 Å². The fraction of sp³-hybridized carbons (Fsp3) is 0.529. The summed E-state index contributed by atoms with van der Waals surface area (Å²) in [5.74, 6) is 0.807. The molecule has 29 heavy (non-hydrogen) atoms. The molecular weight excluding hydrogens is 416 g/mol. The van der Waals surface area contributed by atoms with Gasteiger partial charge in [0.15, 0.2) is 0 Å². The normalized spacial score (nSPS) is 16.8. The first-order valence-electron chi connectivity index (χ1n) is 9.13. The Bertz CT molecular complexity index is 1040. The van der Waals surface area contributed by atoms with Crippen LogP contribution in [-0.2, 0) is 22.1 Å². The quantitative estimate of drug-likeness (QED) is 0.430. The van der Waals surface area contributed by atoms with Crippen LogP contribution in [0.5, 0.6) is 0 Å². The Hall–Kier alpha value is -2.15. The fourth-order valence-electron chi connectivity index (χ4n) is 2.99. The minimum atomic E-state index is -3.69. The molecule has 1 fully saturated rings. The van der Waals surface area contributed by atoms with Crippen molar-refractivity contribution < 1.29 is 13.3 Å². The van der Waals surface area contributed by atoms with Crippen LogP contribution < -0.4 is 0 Å². The number of nitro benzene ring substituents is 1. The van der Waals surface area contributed by atoms with Crippen LogP contribution in [0.2, 0.25) is 0 Å². The molecule has 0 bridgehead atoms. The monoisotopic (exact) mass is 440 g/mol. The number of nitrogens with zero attached hydrogens (tertiary/aromatic N) is 5. The molecule has 0 saturated carbocycles. The molecule has 1 saturated heterocycles. The lowest BCUT2D eigenvalue weighted by molar-refractivity contribution is -0.384. The van der Waals surface area contributed by atoms with E-state index in [4.69, 9.17) is 12.2 Å². The summed E-state index contributed by atoms with van der Waals surface area (Å²) in [7, 11) is -3.69. The molecule has 0 radical (unpaired) electrons. The van der Waals surface area contributed by atoms with E-state index >= 15 is 0 Å². The third kappa shape index (κ3) is 4.71. The molecule has 0 aliphatic carbocycles. The van der Waals surface area contributed by atoms with Gasteiger partial charge in [-0.1, -0.05) is 20.8 Å². The number of nitrogens with one attached hydrogen (secondary N) is 1. The van der Waals surface area contributed by atoms with Crippen LogP contribution in [0, 0.1) is 14.9 Å². The van der Waals surface area contributed by atoms with Gasteiger partial charge >= 0.3 is 0 Å². The van der Waals surface area contributed by atoms with Crippen LogP contribution >= 0.6 is 12.2 Å². The predicted molar refractivity (Wildman–Crippen MR) is 110 cm³/mol. The Balaban J connectivity index is 1.65. The van der Waals surface area contributed by atoms with Crippen molar-refractivity contribution in [2.24, 2.45) is 0 Å². The third-order valence-electron chi connectivity index (χ3n) is 4.75. The average Bonchev–Trinajstić information content (AvgIpc) is 3.03. The Morgan fingerprint density at radius 3 is 2.24 bits per heavy atom. The highest BCUT2D eigenvalue weighted by Gasteiger charge is 2.29. The second kappa shape index (κ2) is 7.94. The van der Waals surface area contributed by atoms with Crippen molar-refractivity contribution in [2.45, 2.75) is 37.8 Å². The second-order valence-corrected chi connectivity index (χ2v) is 10.3. The molecule has 1 aliphatic rings. The lowest BCUT2D eigenvalue weighted by atomic mass is 9.96. The zero-order chi connectivity index (χ0) is 21.4. The zero-order valence-corrected chi connectivity index (χ0v) is 18.2. The van der Waals surface area contributed by atoms with Gasteiger partial charge in [-0.3, -0.25) is 20.1 Å². The molecule has 2 heterocycles. The van der Waals surface area contributed by atoms with E-state index in [9.17, 15) is 18.5 Å². The van der Waals surface area contributed by atoms with E-state index in [1.807, 2.05) is 20.8 Å². The van der Waals surface area contributed by atoms with Gasteiger partial charge in [-0.05, 0) is 24.4 Å². The minimum Gasteiger partial charge on any atom is -0.282 e. The molecule has 0 spiro atoms. The smallest absolute Gasteiger partial charge is 0.269 e. The first-order valence-corrected chi connectivity index (χ1v) is 11.0. The minimum absolute atomic E-state index is 0.0576. The highest BCUT2D eigenvalue weighted by Crippen LogP contribution is 2.21. The number of benzene rings is 1. The number of hydrogen-bond acceptors (Lipinski definition) is 7. The number of aromatic amines is 1. The standard InChI is InChI=1S/C17H24N6O4S2/c1-17(2,3)15-18-16(28)22(19-15)12-20-8-10-21(11-9-20)29(26,27)14-6-4-13(5-7-14)23(24)25/h4-7H,8-12H2,1-3H3,(H,18,19,28). The fourth-order valence-corrected chi connectivity index (χ4v) is 4.60. The molecule has 158 valence electrons. The number of sulfonamides is 1. The molecule has 0 amide bonds. The molecule has 0 unspecified atom stereocenters. The first-order chi connectivity index (χ1) is 13.5. The molecule has 1 aromatic heterocycles. The maximum Gasteiger partial charge on any atom is 0.269 e. The number of nitro groups is 1. The summed E-state index contributed by atoms with van der Waals surface area (Å²) in [5.41, 5.74) is -0.282. The lowest BCUT2D eigenvalue weighted by Crippen LogP contribution is -2.48. The SMILES string of the molecule is CC(C)(C)c1nc(=S)n(CN2CCN(S(=O)(=O)c3ccc([N+](=O)[O-])cc3)CC2)[nH]1. The van der Waals surface area contributed by atoms with E-state index in [-0.39, 0.29) is 16.0 Å². The third-order valence-corrected chi connectivity index (χ3v) is 6.97. The first kappa shape index (κ1) is 21.6. The predicted octanol–water partition coefficient (Wildman–Crippen LogP) is 2.11. The highest BCUT2D eigenvalue weighted by atomic mass is 32.2. The number of H-pyrrole nitrogens is 1. The van der Waals surface area contributed by atoms with Gasteiger partial charge in [-0.15, -0.1) is 0 Å². The number of piperazine rings is 1. The Labute approximate surface area is 174 Å². The van der Waals surface area contributed by atoms with Gasteiger partial charge in [0.25, 0.3) is 5.69 Å². The largest absolute Gasteiger partial charge is 0.282 e. The van der Waals surface area contributed by atoms with Gasteiger partial charge in [0.1, 0.15) is 5.82 Å². The van der Waals surface area contributed by atoms with Gasteiger partial charge in [-0.25, -0.2) is 18.1 Å². The number of aromatic nitrogens is 3. The highest BCUT2D eigenvalue weighted by molar-refractivity contribution is 7.89. The van der Waals surface area contributed by atoms with Crippen LogP contribution in [0.25, 0.3) is 0 Å². The summed E-state index contributed by atoms with van der Waals surface area (Å²) in [6.07, 6.45) is 0. The number of hydrogen-bond donors (Lipinski definition) is 1. The van der Waals surface area contributed by atoms with Gasteiger partial charge in [-0.2, -0.15) is 4.31 Å². The van der Waals surface area contributed by atoms with Crippen molar-refractivity contribution in [3.63, 3.8) is 0 Å². The van der Waals surface area contributed by atoms with Crippen molar-refractivity contribution in [3.05, 3.63) is 45.0 Å². The Morgan fingerprint density at radius 2 is 1.76 bits per heavy atom. The van der Waals surface area contributed by atoms with E-state index in [1.54, 1.807) is 4.68 Å². The van der Waals surface area contributed by atoms with Crippen LogP contribution in [0.3, 0.4) is 0 Å². The van der Waals surface area contributed by atoms with Gasteiger partial charge in [0.05, 0.1) is 16.5 Å². The summed E-state index contributed by atoms with van der Waals surface area (Å²) in [6.45, 7) is 8.38. The van der Waals surface area contributed by atoms with E-state index in [2.05, 4.69) is 15.0 Å². The van der Waals surface area contributed by atoms with E-state index < -0.39 is 14.9 Å². The van der Waals surface area contributed by atoms with Crippen LogP contribution in [0.4, 0.5) is 5.69 Å². The van der Waals surface area contributed by atoms with Crippen LogP contribution in [-0.4, -0.2) is 63.5 Å². The summed E-state index contributed by atoms with van der Waals surface area (Å²) >= 11 is 5.33. The summed E-state index contributed by atoms with van der Waals surface area (Å²) in [4.78, 5) is 16.8. The maximum absolute atomic E-state index is 12.8. The summed E-state index contributed by atoms with van der Waals surface area (Å²) in [6, 6.07) is 4.96. The van der Waals surface area contributed by atoms with Crippen molar-refractivity contribution in [2.75, 3.05) is 26.2 Å². The van der Waals surface area contributed by atoms with Crippen LogP contribution in [0.1, 0.15) is 26.6 Å². The summed E-state index contributed by atoms with van der Waals surface area (Å²) in [5, 5.41) is 14.0. The zero-order valence-electron chi connectivity index (χ0n) is 16.5. The van der Waals surface area contributed by atoms with E-state index in [0.29, 0.717) is 37.6 Å². The van der Waals surface area contributed by atoms with Gasteiger partial charge in [0, 0.05) is 43.7 Å². The number of non-ortho nitro benzene ring substituents is 1. The number of rotatable bonds is 5. The average molecular weight is 441 g/mol. The lowest BCUT2D eigenvalue weighted by Gasteiger charge is -2.33. The van der Waals surface area contributed by atoms with Crippen LogP contribution in [0.15, 0.2) is 29.2 Å². The molecule has 3 rings (SSSR count). The van der Waals surface area contributed by atoms with Gasteiger partial charge < -0.3 is 0 Å². The van der Waals surface area contributed by atoms with Crippen molar-refractivity contribution in [3.8, 4) is 0 Å². The molecular formula is C17H24N6O4S2. The van der Waals surface area contributed by atoms with E-state index in [1.165, 1.54) is 28.6 Å². The van der Waals surface area contributed by atoms with Crippen molar-refractivity contribution >= 4 is 27.9 Å². The Morgan fingerprint density at radius 1 is 1.17 bits per heavy atom. The molecule has 10 nitrogen and oxygen atoms in total. The Kier molecular flexibility index (Phi) is 5.90. The molecule has 1 N–H and O–H groups in total. The maximum atomic E-state index is 12.8. The molecule has 1 aliphatic heterocycles. The summed E-state index contributed by atoms with van der Waals surface area (Å²) < 4.78 is 29.3. The molecule has 2 aromatic rings. The molecule has 1 aromatic carbocycles. The second-order valence-electron chi connectivity index (χ2n) is 7.95. The van der Waals surface area contributed by atoms with Gasteiger partial charge in [0.2, 0.25) is 14.8 Å². The van der Waals surface area contributed by atoms with Crippen molar-refractivity contribution in [1.29, 1.82) is 0 Å². The van der Waals surface area contributed by atoms with E-state index in [0.717, 1.165) is 5.82 Å².